The summed E-state index contributed by atoms with van der Waals surface area (Å²) in [6.45, 7) is 12.4. The molecular formula is C27H28ClN3O. The Bertz CT molecular complexity index is 1240. The molecule has 0 aliphatic rings. The number of nitriles is 1. The lowest BCUT2D eigenvalue weighted by atomic mass is 9.87. The number of halogens is 1. The van der Waals surface area contributed by atoms with E-state index in [-0.39, 0.29) is 11.0 Å². The molecule has 32 heavy (non-hydrogen) atoms. The fourth-order valence-corrected chi connectivity index (χ4v) is 3.85. The van der Waals surface area contributed by atoms with Crippen LogP contribution in [-0.2, 0) is 10.2 Å². The first-order chi connectivity index (χ1) is 15.0. The Morgan fingerprint density at radius 1 is 1.09 bits per heavy atom. The first-order valence-corrected chi connectivity index (χ1v) is 10.9. The second-order valence-electron chi connectivity index (χ2n) is 9.00. The molecule has 1 heterocycles. The van der Waals surface area contributed by atoms with Crippen molar-refractivity contribution in [2.24, 2.45) is 0 Å². The molecular weight excluding hydrogens is 418 g/mol. The zero-order chi connectivity index (χ0) is 23.6. The maximum absolute atomic E-state index is 12.8. The summed E-state index contributed by atoms with van der Waals surface area (Å²) in [6.07, 6.45) is 1.64. The number of benzene rings is 2. The molecule has 164 valence electrons. The number of anilines is 1. The zero-order valence-electron chi connectivity index (χ0n) is 19.4. The number of nitrogens with zero attached hydrogens (tertiary/aromatic N) is 2. The number of aromatic nitrogens is 1. The van der Waals surface area contributed by atoms with Gasteiger partial charge in [-0.1, -0.05) is 50.6 Å². The van der Waals surface area contributed by atoms with Gasteiger partial charge in [0.25, 0.3) is 5.91 Å². The Kier molecular flexibility index (Phi) is 6.62. The second kappa shape index (κ2) is 9.06. The molecule has 0 radical (unpaired) electrons. The molecule has 2 aromatic carbocycles. The summed E-state index contributed by atoms with van der Waals surface area (Å²) in [4.78, 5) is 12.8. The van der Waals surface area contributed by atoms with Gasteiger partial charge >= 0.3 is 0 Å². The molecule has 0 unspecified atom stereocenters. The van der Waals surface area contributed by atoms with Crippen LogP contribution >= 0.6 is 11.6 Å². The van der Waals surface area contributed by atoms with Crippen LogP contribution in [0.5, 0.6) is 0 Å². The fourth-order valence-electron chi connectivity index (χ4n) is 3.68. The maximum atomic E-state index is 12.8. The van der Waals surface area contributed by atoms with Crippen LogP contribution in [0.1, 0.15) is 48.8 Å². The molecule has 3 rings (SSSR count). The summed E-state index contributed by atoms with van der Waals surface area (Å²) >= 11 is 6.14. The van der Waals surface area contributed by atoms with Gasteiger partial charge < -0.3 is 9.88 Å². The Balaban J connectivity index is 1.93. The Labute approximate surface area is 195 Å². The van der Waals surface area contributed by atoms with Gasteiger partial charge in [-0.3, -0.25) is 4.79 Å². The molecule has 0 aliphatic heterocycles. The Morgan fingerprint density at radius 3 is 2.34 bits per heavy atom. The number of carbonyl (C=O) groups excluding carboxylic acids is 1. The fraction of sp³-hybridized carbons (Fsp3) is 0.259. The monoisotopic (exact) mass is 445 g/mol. The van der Waals surface area contributed by atoms with Crippen molar-refractivity contribution in [3.05, 3.63) is 87.2 Å². The number of hydrogen-bond donors (Lipinski definition) is 1. The van der Waals surface area contributed by atoms with Gasteiger partial charge in [-0.05, 0) is 79.3 Å². The third-order valence-electron chi connectivity index (χ3n) is 5.64. The average Bonchev–Trinajstić information content (AvgIpc) is 3.01. The zero-order valence-corrected chi connectivity index (χ0v) is 20.1. The highest BCUT2D eigenvalue weighted by Gasteiger charge is 2.17. The van der Waals surface area contributed by atoms with Crippen LogP contribution in [0.4, 0.5) is 5.69 Å². The molecule has 1 aromatic heterocycles. The molecule has 3 aromatic rings. The number of nitrogens with one attached hydrogen (secondary N) is 1. The van der Waals surface area contributed by atoms with Gasteiger partial charge in [-0.2, -0.15) is 5.26 Å². The summed E-state index contributed by atoms with van der Waals surface area (Å²) < 4.78 is 2.13. The lowest BCUT2D eigenvalue weighted by molar-refractivity contribution is -0.112. The quantitative estimate of drug-likeness (QED) is 0.350. The number of rotatable bonds is 4. The summed E-state index contributed by atoms with van der Waals surface area (Å²) in [5.74, 6) is -0.461. The van der Waals surface area contributed by atoms with Crippen molar-refractivity contribution in [1.82, 2.24) is 4.57 Å². The summed E-state index contributed by atoms with van der Waals surface area (Å²) in [6, 6.07) is 17.8. The van der Waals surface area contributed by atoms with E-state index in [0.717, 1.165) is 28.2 Å². The molecule has 0 saturated heterocycles. The molecule has 0 saturated carbocycles. The molecule has 0 bridgehead atoms. The van der Waals surface area contributed by atoms with Gasteiger partial charge in [0, 0.05) is 27.8 Å². The van der Waals surface area contributed by atoms with E-state index in [1.807, 2.05) is 32.9 Å². The first kappa shape index (κ1) is 23.4. The second-order valence-corrected chi connectivity index (χ2v) is 9.40. The van der Waals surface area contributed by atoms with Gasteiger partial charge in [0.15, 0.2) is 0 Å². The average molecular weight is 446 g/mol. The molecule has 1 N–H and O–H groups in total. The molecule has 0 aliphatic carbocycles. The highest BCUT2D eigenvalue weighted by atomic mass is 35.5. The highest BCUT2D eigenvalue weighted by molar-refractivity contribution is 6.31. The van der Waals surface area contributed by atoms with Crippen molar-refractivity contribution in [3.8, 4) is 11.8 Å². The van der Waals surface area contributed by atoms with Gasteiger partial charge in [-0.15, -0.1) is 0 Å². The summed E-state index contributed by atoms with van der Waals surface area (Å²) in [7, 11) is 0. The van der Waals surface area contributed by atoms with Gasteiger partial charge in [0.1, 0.15) is 11.6 Å². The minimum atomic E-state index is -0.461. The Morgan fingerprint density at radius 2 is 1.75 bits per heavy atom. The molecule has 0 atom stereocenters. The Hall–Kier alpha value is -3.29. The molecule has 1 amide bonds. The van der Waals surface area contributed by atoms with E-state index in [1.165, 1.54) is 5.56 Å². The normalized spacial score (nSPS) is 11.9. The van der Waals surface area contributed by atoms with Crippen LogP contribution in [0.2, 0.25) is 5.02 Å². The van der Waals surface area contributed by atoms with Crippen molar-refractivity contribution < 1.29 is 4.79 Å². The largest absolute Gasteiger partial charge is 0.321 e. The predicted octanol–water partition coefficient (Wildman–Crippen LogP) is 6.90. The summed E-state index contributed by atoms with van der Waals surface area (Å²) in [5, 5.41) is 13.0. The van der Waals surface area contributed by atoms with E-state index in [1.54, 1.807) is 24.3 Å². The number of hydrogen-bond acceptors (Lipinski definition) is 2. The molecule has 0 spiro atoms. The smallest absolute Gasteiger partial charge is 0.266 e. The van der Waals surface area contributed by atoms with E-state index in [2.05, 4.69) is 54.9 Å². The maximum Gasteiger partial charge on any atom is 0.266 e. The minimum Gasteiger partial charge on any atom is -0.321 e. The van der Waals surface area contributed by atoms with Crippen LogP contribution in [0.25, 0.3) is 11.8 Å². The van der Waals surface area contributed by atoms with Crippen molar-refractivity contribution >= 4 is 29.3 Å². The minimum absolute atomic E-state index is 0.0349. The number of aryl methyl sites for hydroxylation is 1. The van der Waals surface area contributed by atoms with Crippen LogP contribution in [0.3, 0.4) is 0 Å². The van der Waals surface area contributed by atoms with E-state index in [4.69, 9.17) is 11.6 Å². The van der Waals surface area contributed by atoms with Crippen LogP contribution in [0.15, 0.2) is 54.1 Å². The van der Waals surface area contributed by atoms with Gasteiger partial charge in [-0.25, -0.2) is 0 Å². The van der Waals surface area contributed by atoms with Crippen molar-refractivity contribution in [2.75, 3.05) is 5.32 Å². The standard InChI is InChI=1S/C27H28ClN3O/c1-17-14-20(19(3)31(17)23-12-10-22(11-13-23)27(4,5)6)15-21(16-29)26(32)30-25-9-7-8-24(28)18(25)2/h7-15H,1-6H3,(H,30,32)/b21-15-. The molecule has 5 heteroatoms. The van der Waals surface area contributed by atoms with Crippen molar-refractivity contribution in [1.29, 1.82) is 5.26 Å². The van der Waals surface area contributed by atoms with Crippen molar-refractivity contribution in [3.63, 3.8) is 0 Å². The molecule has 4 nitrogen and oxygen atoms in total. The predicted molar refractivity (Wildman–Crippen MR) is 132 cm³/mol. The van der Waals surface area contributed by atoms with Gasteiger partial charge in [0.05, 0.1) is 0 Å². The van der Waals surface area contributed by atoms with Crippen LogP contribution in [-0.4, -0.2) is 10.5 Å². The first-order valence-electron chi connectivity index (χ1n) is 10.5. The van der Waals surface area contributed by atoms with Gasteiger partial charge in [0.2, 0.25) is 0 Å². The SMILES string of the molecule is Cc1c(Cl)cccc1NC(=O)/C(C#N)=C\c1cc(C)n(-c2ccc(C(C)(C)C)cc2)c1C. The number of amides is 1. The number of carbonyl (C=O) groups is 1. The van der Waals surface area contributed by atoms with Crippen molar-refractivity contribution in [2.45, 2.75) is 47.0 Å². The third-order valence-corrected chi connectivity index (χ3v) is 6.05. The van der Waals surface area contributed by atoms with Crippen LogP contribution in [0, 0.1) is 32.1 Å². The summed E-state index contributed by atoms with van der Waals surface area (Å²) in [5.41, 5.74) is 6.61. The lowest BCUT2D eigenvalue weighted by Crippen LogP contribution is -2.14. The van der Waals surface area contributed by atoms with E-state index >= 15 is 0 Å². The van der Waals surface area contributed by atoms with E-state index in [0.29, 0.717) is 10.7 Å². The lowest BCUT2D eigenvalue weighted by Gasteiger charge is -2.20. The molecule has 0 fully saturated rings. The van der Waals surface area contributed by atoms with E-state index < -0.39 is 5.91 Å². The highest BCUT2D eigenvalue weighted by Crippen LogP contribution is 2.27. The van der Waals surface area contributed by atoms with Crippen LogP contribution < -0.4 is 5.32 Å². The van der Waals surface area contributed by atoms with E-state index in [9.17, 15) is 10.1 Å². The topological polar surface area (TPSA) is 57.8 Å². The third kappa shape index (κ3) is 4.79.